The zero-order chi connectivity index (χ0) is 12.4. The smallest absolute Gasteiger partial charge is 0.328 e. The van der Waals surface area contributed by atoms with Gasteiger partial charge in [0.2, 0.25) is 0 Å². The summed E-state index contributed by atoms with van der Waals surface area (Å²) in [6.07, 6.45) is 3.95. The lowest BCUT2D eigenvalue weighted by Gasteiger charge is -2.06. The highest BCUT2D eigenvalue weighted by molar-refractivity contribution is 7.12. The highest BCUT2D eigenvalue weighted by atomic mass is 32.1. The van der Waals surface area contributed by atoms with Crippen LogP contribution in [0, 0.1) is 6.92 Å². The minimum absolute atomic E-state index is 0.510. The maximum Gasteiger partial charge on any atom is 0.328 e. The van der Waals surface area contributed by atoms with Gasteiger partial charge in [0.1, 0.15) is 0 Å². The standard InChI is InChI=1S/C12H16N2O2S/c1-8-10(3-4-11(15)16)17-12(13-8)9-5-6-14(2)7-9/h3-4,9H,5-7H2,1-2H3,(H,15,16)/b4-3+. The summed E-state index contributed by atoms with van der Waals surface area (Å²) in [6, 6.07) is 0. The predicted molar refractivity (Wildman–Crippen MR) is 68.4 cm³/mol. The first kappa shape index (κ1) is 12.3. The molecule has 0 bridgehead atoms. The Balaban J connectivity index is 2.15. The second-order valence-electron chi connectivity index (χ2n) is 4.42. The molecule has 5 heteroatoms. The first-order valence-corrected chi connectivity index (χ1v) is 6.45. The number of hydrogen-bond donors (Lipinski definition) is 1. The van der Waals surface area contributed by atoms with Crippen molar-refractivity contribution in [1.29, 1.82) is 0 Å². The molecule has 2 rings (SSSR count). The van der Waals surface area contributed by atoms with Crippen LogP contribution < -0.4 is 0 Å². The fourth-order valence-corrected chi connectivity index (χ4v) is 3.14. The van der Waals surface area contributed by atoms with Crippen LogP contribution in [0.4, 0.5) is 0 Å². The summed E-state index contributed by atoms with van der Waals surface area (Å²) in [5.74, 6) is -0.407. The second-order valence-corrected chi connectivity index (χ2v) is 5.48. The molecule has 1 unspecified atom stereocenters. The van der Waals surface area contributed by atoms with E-state index in [1.165, 1.54) is 6.08 Å². The number of carboxylic acids is 1. The van der Waals surface area contributed by atoms with Crippen molar-refractivity contribution < 1.29 is 9.90 Å². The number of nitrogens with zero attached hydrogens (tertiary/aromatic N) is 2. The third-order valence-corrected chi connectivity index (χ3v) is 4.25. The first-order valence-electron chi connectivity index (χ1n) is 5.63. The average molecular weight is 252 g/mol. The average Bonchev–Trinajstić information content (AvgIpc) is 2.82. The Hall–Kier alpha value is -1.20. The van der Waals surface area contributed by atoms with Crippen molar-refractivity contribution in [1.82, 2.24) is 9.88 Å². The van der Waals surface area contributed by atoms with Gasteiger partial charge in [0.25, 0.3) is 0 Å². The van der Waals surface area contributed by atoms with E-state index in [0.717, 1.165) is 35.1 Å². The minimum atomic E-state index is -0.917. The number of carboxylic acid groups (broad SMARTS) is 1. The SMILES string of the molecule is Cc1nc(C2CCN(C)C2)sc1/C=C/C(=O)O. The quantitative estimate of drug-likeness (QED) is 0.836. The number of thiazole rings is 1. The molecular weight excluding hydrogens is 236 g/mol. The fourth-order valence-electron chi connectivity index (χ4n) is 2.04. The number of likely N-dealkylation sites (N-methyl/N-ethyl adjacent to an activating group) is 1. The predicted octanol–water partition coefficient (Wildman–Crippen LogP) is 1.97. The van der Waals surface area contributed by atoms with Crippen LogP contribution in [0.2, 0.25) is 0 Å². The van der Waals surface area contributed by atoms with Crippen molar-refractivity contribution in [2.24, 2.45) is 0 Å². The van der Waals surface area contributed by atoms with Crippen molar-refractivity contribution in [2.75, 3.05) is 20.1 Å². The van der Waals surface area contributed by atoms with Gasteiger partial charge in [-0.1, -0.05) is 0 Å². The van der Waals surface area contributed by atoms with E-state index in [9.17, 15) is 4.79 Å². The van der Waals surface area contributed by atoms with Crippen LogP contribution in [0.25, 0.3) is 6.08 Å². The molecule has 1 aromatic heterocycles. The zero-order valence-electron chi connectivity index (χ0n) is 10.0. The zero-order valence-corrected chi connectivity index (χ0v) is 10.8. The lowest BCUT2D eigenvalue weighted by molar-refractivity contribution is -0.131. The Morgan fingerprint density at radius 1 is 1.65 bits per heavy atom. The maximum absolute atomic E-state index is 10.5. The minimum Gasteiger partial charge on any atom is -0.478 e. The van der Waals surface area contributed by atoms with E-state index in [2.05, 4.69) is 16.9 Å². The molecule has 2 heterocycles. The van der Waals surface area contributed by atoms with Crippen molar-refractivity contribution in [3.63, 3.8) is 0 Å². The Morgan fingerprint density at radius 3 is 3.00 bits per heavy atom. The summed E-state index contributed by atoms with van der Waals surface area (Å²) >= 11 is 1.61. The molecule has 1 atom stereocenters. The van der Waals surface area contributed by atoms with Gasteiger partial charge in [-0.25, -0.2) is 9.78 Å². The van der Waals surface area contributed by atoms with E-state index in [1.807, 2.05) is 6.92 Å². The Bertz CT molecular complexity index is 453. The Kier molecular flexibility index (Phi) is 3.59. The molecule has 4 nitrogen and oxygen atoms in total. The summed E-state index contributed by atoms with van der Waals surface area (Å²) in [4.78, 5) is 18.3. The lowest BCUT2D eigenvalue weighted by Crippen LogP contribution is -2.13. The lowest BCUT2D eigenvalue weighted by atomic mass is 10.1. The van der Waals surface area contributed by atoms with Crippen molar-refractivity contribution in [3.05, 3.63) is 21.7 Å². The molecule has 0 radical (unpaired) electrons. The van der Waals surface area contributed by atoms with E-state index in [0.29, 0.717) is 5.92 Å². The maximum atomic E-state index is 10.5. The molecule has 0 spiro atoms. The van der Waals surface area contributed by atoms with Crippen LogP contribution in [0.1, 0.15) is 27.9 Å². The molecule has 0 amide bonds. The van der Waals surface area contributed by atoms with E-state index < -0.39 is 5.97 Å². The number of carbonyl (C=O) groups is 1. The molecule has 92 valence electrons. The summed E-state index contributed by atoms with van der Waals surface area (Å²) in [5.41, 5.74) is 0.928. The number of aliphatic carboxylic acids is 1. The summed E-state index contributed by atoms with van der Waals surface area (Å²) < 4.78 is 0. The van der Waals surface area contributed by atoms with Crippen molar-refractivity contribution in [2.45, 2.75) is 19.3 Å². The van der Waals surface area contributed by atoms with Gasteiger partial charge >= 0.3 is 5.97 Å². The molecule has 1 N–H and O–H groups in total. The van der Waals surface area contributed by atoms with E-state index >= 15 is 0 Å². The second kappa shape index (κ2) is 4.98. The summed E-state index contributed by atoms with van der Waals surface area (Å²) in [7, 11) is 2.12. The molecule has 1 aliphatic heterocycles. The highest BCUT2D eigenvalue weighted by Gasteiger charge is 2.24. The van der Waals surface area contributed by atoms with Gasteiger partial charge in [0.15, 0.2) is 0 Å². The van der Waals surface area contributed by atoms with E-state index in [-0.39, 0.29) is 0 Å². The molecule has 0 aromatic carbocycles. The largest absolute Gasteiger partial charge is 0.478 e. The number of hydrogen-bond acceptors (Lipinski definition) is 4. The van der Waals surface area contributed by atoms with Gasteiger partial charge in [-0.15, -0.1) is 11.3 Å². The third-order valence-electron chi connectivity index (χ3n) is 2.97. The monoisotopic (exact) mass is 252 g/mol. The molecule has 17 heavy (non-hydrogen) atoms. The van der Waals surface area contributed by atoms with Crippen LogP contribution in [0.3, 0.4) is 0 Å². The first-order chi connectivity index (χ1) is 8.06. The van der Waals surface area contributed by atoms with Gasteiger partial charge < -0.3 is 10.0 Å². The number of likely N-dealkylation sites (tertiary alicyclic amines) is 1. The van der Waals surface area contributed by atoms with Crippen LogP contribution in [-0.4, -0.2) is 41.1 Å². The molecule has 0 aliphatic carbocycles. The van der Waals surface area contributed by atoms with Gasteiger partial charge in [0.05, 0.1) is 15.6 Å². The summed E-state index contributed by atoms with van der Waals surface area (Å²) in [6.45, 7) is 4.10. The molecule has 1 aliphatic rings. The van der Waals surface area contributed by atoms with E-state index in [4.69, 9.17) is 5.11 Å². The molecule has 1 aromatic rings. The van der Waals surface area contributed by atoms with Gasteiger partial charge in [-0.2, -0.15) is 0 Å². The number of aryl methyl sites for hydroxylation is 1. The fraction of sp³-hybridized carbons (Fsp3) is 0.500. The van der Waals surface area contributed by atoms with Crippen LogP contribution in [0.15, 0.2) is 6.08 Å². The van der Waals surface area contributed by atoms with Crippen molar-refractivity contribution >= 4 is 23.4 Å². The van der Waals surface area contributed by atoms with Gasteiger partial charge in [-0.05, 0) is 33.0 Å². The number of aromatic nitrogens is 1. The summed E-state index contributed by atoms with van der Waals surface area (Å²) in [5, 5.41) is 9.75. The number of rotatable bonds is 3. The van der Waals surface area contributed by atoms with E-state index in [1.54, 1.807) is 17.4 Å². The van der Waals surface area contributed by atoms with Crippen LogP contribution in [0.5, 0.6) is 0 Å². The molecule has 0 saturated carbocycles. The van der Waals surface area contributed by atoms with Gasteiger partial charge in [0, 0.05) is 18.5 Å². The van der Waals surface area contributed by atoms with Gasteiger partial charge in [-0.3, -0.25) is 0 Å². The normalized spacial score (nSPS) is 21.4. The van der Waals surface area contributed by atoms with Crippen LogP contribution >= 0.6 is 11.3 Å². The molecule has 1 saturated heterocycles. The third kappa shape index (κ3) is 2.92. The molecule has 1 fully saturated rings. The highest BCUT2D eigenvalue weighted by Crippen LogP contribution is 2.31. The van der Waals surface area contributed by atoms with Crippen molar-refractivity contribution in [3.8, 4) is 0 Å². The van der Waals surface area contributed by atoms with Crippen LogP contribution in [-0.2, 0) is 4.79 Å². The topological polar surface area (TPSA) is 53.4 Å². The molecular formula is C12H16N2O2S. The Labute approximate surface area is 105 Å². The Morgan fingerprint density at radius 2 is 2.41 bits per heavy atom.